The van der Waals surface area contributed by atoms with Crippen molar-refractivity contribution in [2.24, 2.45) is 0 Å². The molecule has 0 aliphatic heterocycles. The maximum atomic E-state index is 14.3. The van der Waals surface area contributed by atoms with Crippen LogP contribution >= 0.6 is 0 Å². The predicted octanol–water partition coefficient (Wildman–Crippen LogP) is 2.23. The van der Waals surface area contributed by atoms with Crippen LogP contribution in [0.1, 0.15) is 24.2 Å². The number of likely N-dealkylation sites (N-methyl/N-ethyl adjacent to an activating group) is 1. The summed E-state index contributed by atoms with van der Waals surface area (Å²) in [5.41, 5.74) is 0.710. The van der Waals surface area contributed by atoms with Gasteiger partial charge in [0.2, 0.25) is 10.0 Å². The number of halogens is 1. The molecule has 32 heavy (non-hydrogen) atoms. The first-order chi connectivity index (χ1) is 15.0. The standard InChI is InChI=1S/C21H25FN4O5S/c1-13(2)24-32(29,30)15-6-7-17(22)16(12-15)20(27)23-14-5-8-19-18(11-14)26(21(28)31-19)10-9-25(3)4/h5-8,11-13,24H,9-10H2,1-4H3,(H,23,27). The summed E-state index contributed by atoms with van der Waals surface area (Å²) in [6, 6.07) is 7.24. The summed E-state index contributed by atoms with van der Waals surface area (Å²) in [7, 11) is -0.154. The quantitative estimate of drug-likeness (QED) is 0.529. The number of rotatable bonds is 8. The van der Waals surface area contributed by atoms with Crippen molar-refractivity contribution in [1.82, 2.24) is 14.2 Å². The molecule has 0 bridgehead atoms. The SMILES string of the molecule is CC(C)NS(=O)(=O)c1ccc(F)c(C(=O)Nc2ccc3oc(=O)n(CCN(C)C)c3c2)c1. The fraction of sp³-hybridized carbons (Fsp3) is 0.333. The zero-order valence-electron chi connectivity index (χ0n) is 18.2. The molecule has 11 heteroatoms. The highest BCUT2D eigenvalue weighted by Crippen LogP contribution is 2.21. The normalized spacial score (nSPS) is 12.1. The maximum absolute atomic E-state index is 14.3. The number of oxazole rings is 1. The van der Waals surface area contributed by atoms with Gasteiger partial charge in [-0.05, 0) is 64.3 Å². The number of fused-ring (bicyclic) bond motifs is 1. The molecular weight excluding hydrogens is 439 g/mol. The van der Waals surface area contributed by atoms with Gasteiger partial charge in [0.25, 0.3) is 5.91 Å². The average Bonchev–Trinajstić information content (AvgIpc) is 2.99. The fourth-order valence-electron chi connectivity index (χ4n) is 3.07. The molecule has 3 aromatic rings. The highest BCUT2D eigenvalue weighted by Gasteiger charge is 2.21. The number of sulfonamides is 1. The van der Waals surface area contributed by atoms with E-state index in [0.29, 0.717) is 29.9 Å². The number of benzene rings is 2. The van der Waals surface area contributed by atoms with Crippen molar-refractivity contribution in [3.63, 3.8) is 0 Å². The van der Waals surface area contributed by atoms with Crippen LogP contribution in [-0.4, -0.2) is 50.5 Å². The molecular formula is C21H25FN4O5S. The molecule has 0 radical (unpaired) electrons. The zero-order valence-corrected chi connectivity index (χ0v) is 19.0. The van der Waals surface area contributed by atoms with Crippen molar-refractivity contribution >= 4 is 32.7 Å². The molecule has 0 spiro atoms. The Labute approximate surface area is 184 Å². The van der Waals surface area contributed by atoms with Crippen LogP contribution in [0, 0.1) is 5.82 Å². The van der Waals surface area contributed by atoms with Crippen LogP contribution in [0.2, 0.25) is 0 Å². The van der Waals surface area contributed by atoms with Gasteiger partial charge in [0.1, 0.15) is 5.82 Å². The molecule has 2 aromatic carbocycles. The van der Waals surface area contributed by atoms with Crippen molar-refractivity contribution in [2.45, 2.75) is 31.3 Å². The largest absolute Gasteiger partial charge is 0.419 e. The number of carbonyl (C=O) groups is 1. The molecule has 0 saturated carbocycles. The Bertz CT molecular complexity index is 1310. The maximum Gasteiger partial charge on any atom is 0.419 e. The molecule has 2 N–H and O–H groups in total. The van der Waals surface area contributed by atoms with Crippen LogP contribution in [0.3, 0.4) is 0 Å². The monoisotopic (exact) mass is 464 g/mol. The van der Waals surface area contributed by atoms with Gasteiger partial charge in [-0.1, -0.05) is 0 Å². The Kier molecular flexibility index (Phi) is 6.82. The lowest BCUT2D eigenvalue weighted by Gasteiger charge is -2.12. The van der Waals surface area contributed by atoms with Crippen LogP contribution in [0.4, 0.5) is 10.1 Å². The highest BCUT2D eigenvalue weighted by molar-refractivity contribution is 7.89. The first kappa shape index (κ1) is 23.6. The second-order valence-electron chi connectivity index (χ2n) is 7.88. The molecule has 0 aliphatic carbocycles. The van der Waals surface area contributed by atoms with E-state index in [1.54, 1.807) is 19.9 Å². The van der Waals surface area contributed by atoms with Crippen LogP contribution in [0.25, 0.3) is 11.1 Å². The zero-order chi connectivity index (χ0) is 23.6. The number of anilines is 1. The van der Waals surface area contributed by atoms with E-state index in [4.69, 9.17) is 4.42 Å². The van der Waals surface area contributed by atoms with E-state index >= 15 is 0 Å². The van der Waals surface area contributed by atoms with Gasteiger partial charge in [-0.2, -0.15) is 0 Å². The van der Waals surface area contributed by atoms with Gasteiger partial charge in [-0.25, -0.2) is 22.3 Å². The Balaban J connectivity index is 1.91. The Morgan fingerprint density at radius 3 is 2.56 bits per heavy atom. The molecule has 0 unspecified atom stereocenters. The third-order valence-electron chi connectivity index (χ3n) is 4.58. The van der Waals surface area contributed by atoms with Gasteiger partial charge in [0, 0.05) is 24.8 Å². The predicted molar refractivity (Wildman–Crippen MR) is 119 cm³/mol. The molecule has 3 rings (SSSR count). The van der Waals surface area contributed by atoms with Crippen molar-refractivity contribution in [3.05, 3.63) is 58.3 Å². The topological polar surface area (TPSA) is 114 Å². The van der Waals surface area contributed by atoms with E-state index in [9.17, 15) is 22.4 Å². The second kappa shape index (κ2) is 9.23. The summed E-state index contributed by atoms with van der Waals surface area (Å²) >= 11 is 0. The lowest BCUT2D eigenvalue weighted by Crippen LogP contribution is -2.30. The molecule has 0 fully saturated rings. The second-order valence-corrected chi connectivity index (χ2v) is 9.59. The lowest BCUT2D eigenvalue weighted by atomic mass is 10.2. The highest BCUT2D eigenvalue weighted by atomic mass is 32.2. The molecule has 172 valence electrons. The summed E-state index contributed by atoms with van der Waals surface area (Å²) in [4.78, 5) is 26.5. The number of hydrogen-bond acceptors (Lipinski definition) is 6. The van der Waals surface area contributed by atoms with E-state index in [0.717, 1.165) is 18.2 Å². The van der Waals surface area contributed by atoms with Crippen molar-refractivity contribution in [1.29, 1.82) is 0 Å². The minimum Gasteiger partial charge on any atom is -0.408 e. The van der Waals surface area contributed by atoms with E-state index in [2.05, 4.69) is 10.0 Å². The van der Waals surface area contributed by atoms with Gasteiger partial charge in [-0.15, -0.1) is 0 Å². The first-order valence-corrected chi connectivity index (χ1v) is 11.4. The van der Waals surface area contributed by atoms with E-state index in [-0.39, 0.29) is 10.9 Å². The number of nitrogens with zero attached hydrogens (tertiary/aromatic N) is 2. The third kappa shape index (κ3) is 5.23. The van der Waals surface area contributed by atoms with Crippen LogP contribution < -0.4 is 15.8 Å². The molecule has 0 aliphatic rings. The Hall–Kier alpha value is -3.02. The molecule has 1 heterocycles. The van der Waals surface area contributed by atoms with E-state index < -0.39 is 33.1 Å². The number of aromatic nitrogens is 1. The Morgan fingerprint density at radius 2 is 1.91 bits per heavy atom. The summed E-state index contributed by atoms with van der Waals surface area (Å²) in [6.45, 7) is 4.29. The van der Waals surface area contributed by atoms with Crippen LogP contribution in [0.15, 0.2) is 50.5 Å². The van der Waals surface area contributed by atoms with Gasteiger partial charge in [-0.3, -0.25) is 9.36 Å². The average molecular weight is 465 g/mol. The first-order valence-electron chi connectivity index (χ1n) is 9.89. The van der Waals surface area contributed by atoms with E-state index in [1.165, 1.54) is 16.7 Å². The minimum absolute atomic E-state index is 0.222. The van der Waals surface area contributed by atoms with Gasteiger partial charge < -0.3 is 14.6 Å². The summed E-state index contributed by atoms with van der Waals surface area (Å²) in [5.74, 6) is -2.21. The number of carbonyl (C=O) groups excluding carboxylic acids is 1. The lowest BCUT2D eigenvalue weighted by molar-refractivity contribution is 0.102. The summed E-state index contributed by atoms with van der Waals surface area (Å²) < 4.78 is 48.1. The van der Waals surface area contributed by atoms with E-state index in [1.807, 2.05) is 19.0 Å². The Morgan fingerprint density at radius 1 is 1.19 bits per heavy atom. The third-order valence-corrected chi connectivity index (χ3v) is 6.24. The molecule has 0 atom stereocenters. The summed E-state index contributed by atoms with van der Waals surface area (Å²) in [5, 5.41) is 2.55. The number of hydrogen-bond donors (Lipinski definition) is 2. The smallest absolute Gasteiger partial charge is 0.408 e. The minimum atomic E-state index is -3.90. The van der Waals surface area contributed by atoms with Gasteiger partial charge >= 0.3 is 5.76 Å². The van der Waals surface area contributed by atoms with Crippen LogP contribution in [0.5, 0.6) is 0 Å². The van der Waals surface area contributed by atoms with Crippen molar-refractivity contribution < 1.29 is 22.0 Å². The van der Waals surface area contributed by atoms with Crippen molar-refractivity contribution in [2.75, 3.05) is 26.0 Å². The molecule has 1 amide bonds. The summed E-state index contributed by atoms with van der Waals surface area (Å²) in [6.07, 6.45) is 0. The number of nitrogens with one attached hydrogen (secondary N) is 2. The van der Waals surface area contributed by atoms with Gasteiger partial charge in [0.05, 0.1) is 16.0 Å². The fourth-order valence-corrected chi connectivity index (χ4v) is 4.35. The van der Waals surface area contributed by atoms with Gasteiger partial charge in [0.15, 0.2) is 5.58 Å². The molecule has 0 saturated heterocycles. The number of amides is 1. The van der Waals surface area contributed by atoms with Crippen LogP contribution in [-0.2, 0) is 16.6 Å². The molecule has 9 nitrogen and oxygen atoms in total. The molecule has 1 aromatic heterocycles. The van der Waals surface area contributed by atoms with Crippen molar-refractivity contribution in [3.8, 4) is 0 Å².